The second-order valence-corrected chi connectivity index (χ2v) is 4.90. The van der Waals surface area contributed by atoms with Crippen LogP contribution < -0.4 is 0 Å². The molecular formula is C16H21NO. The first-order valence-corrected chi connectivity index (χ1v) is 6.43. The lowest BCUT2D eigenvalue weighted by Gasteiger charge is -2.23. The number of aryl methyl sites for hydroxylation is 1. The van der Waals surface area contributed by atoms with E-state index in [0.29, 0.717) is 6.61 Å². The van der Waals surface area contributed by atoms with Crippen LogP contribution in [0.25, 0.3) is 0 Å². The SMILES string of the molecule is Cc1ccc(COC2=CCCC=C2N(C)C)cc1. The molecule has 0 bridgehead atoms. The van der Waals surface area contributed by atoms with Crippen LogP contribution in [0.1, 0.15) is 24.0 Å². The van der Waals surface area contributed by atoms with Crippen LogP contribution in [0.2, 0.25) is 0 Å². The molecule has 1 aliphatic carbocycles. The number of benzene rings is 1. The monoisotopic (exact) mass is 243 g/mol. The maximum Gasteiger partial charge on any atom is 0.138 e. The van der Waals surface area contributed by atoms with Crippen molar-refractivity contribution in [2.45, 2.75) is 26.4 Å². The first-order chi connectivity index (χ1) is 8.66. The van der Waals surface area contributed by atoms with Gasteiger partial charge in [-0.15, -0.1) is 0 Å². The summed E-state index contributed by atoms with van der Waals surface area (Å²) in [5.41, 5.74) is 3.68. The summed E-state index contributed by atoms with van der Waals surface area (Å²) < 4.78 is 5.93. The van der Waals surface area contributed by atoms with E-state index in [0.717, 1.165) is 18.6 Å². The molecule has 0 spiro atoms. The van der Waals surface area contributed by atoms with Gasteiger partial charge in [-0.25, -0.2) is 0 Å². The summed E-state index contributed by atoms with van der Waals surface area (Å²) in [5, 5.41) is 0. The van der Waals surface area contributed by atoms with Gasteiger partial charge in [-0.3, -0.25) is 0 Å². The predicted octanol–water partition coefficient (Wildman–Crippen LogP) is 3.63. The Bertz CT molecular complexity index is 454. The van der Waals surface area contributed by atoms with Crippen molar-refractivity contribution in [3.05, 3.63) is 59.0 Å². The molecule has 0 aliphatic heterocycles. The summed E-state index contributed by atoms with van der Waals surface area (Å²) in [6.07, 6.45) is 6.60. The number of hydrogen-bond donors (Lipinski definition) is 0. The molecule has 2 nitrogen and oxygen atoms in total. The van der Waals surface area contributed by atoms with Gasteiger partial charge in [0.15, 0.2) is 0 Å². The zero-order valence-corrected chi connectivity index (χ0v) is 11.4. The quantitative estimate of drug-likeness (QED) is 0.800. The summed E-state index contributed by atoms with van der Waals surface area (Å²) in [6, 6.07) is 8.49. The maximum absolute atomic E-state index is 5.93. The molecule has 2 heteroatoms. The minimum absolute atomic E-state index is 0.636. The number of ether oxygens (including phenoxy) is 1. The third-order valence-electron chi connectivity index (χ3n) is 3.08. The molecule has 0 saturated carbocycles. The number of rotatable bonds is 4. The van der Waals surface area contributed by atoms with Crippen molar-refractivity contribution in [2.75, 3.05) is 14.1 Å². The van der Waals surface area contributed by atoms with Crippen molar-refractivity contribution in [3.8, 4) is 0 Å². The summed E-state index contributed by atoms with van der Waals surface area (Å²) in [4.78, 5) is 2.11. The van der Waals surface area contributed by atoms with E-state index in [9.17, 15) is 0 Å². The molecule has 0 heterocycles. The molecule has 0 N–H and O–H groups in total. The Morgan fingerprint density at radius 3 is 2.39 bits per heavy atom. The smallest absolute Gasteiger partial charge is 0.138 e. The van der Waals surface area contributed by atoms with Gasteiger partial charge in [0.1, 0.15) is 12.4 Å². The van der Waals surface area contributed by atoms with Gasteiger partial charge >= 0.3 is 0 Å². The minimum Gasteiger partial charge on any atom is -0.487 e. The molecule has 0 amide bonds. The number of hydrogen-bond acceptors (Lipinski definition) is 2. The molecule has 1 aromatic carbocycles. The highest BCUT2D eigenvalue weighted by Crippen LogP contribution is 2.22. The van der Waals surface area contributed by atoms with Crippen LogP contribution >= 0.6 is 0 Å². The lowest BCUT2D eigenvalue weighted by Crippen LogP contribution is -2.16. The Morgan fingerprint density at radius 1 is 1.06 bits per heavy atom. The lowest BCUT2D eigenvalue weighted by atomic mass is 10.1. The summed E-state index contributed by atoms with van der Waals surface area (Å²) in [7, 11) is 4.11. The fourth-order valence-electron chi connectivity index (χ4n) is 2.02. The highest BCUT2D eigenvalue weighted by Gasteiger charge is 2.12. The average Bonchev–Trinajstić information content (AvgIpc) is 2.38. The molecule has 0 saturated heterocycles. The zero-order chi connectivity index (χ0) is 13.0. The Hall–Kier alpha value is -1.70. The normalized spacial score (nSPS) is 14.8. The highest BCUT2D eigenvalue weighted by molar-refractivity contribution is 5.28. The van der Waals surface area contributed by atoms with Crippen molar-refractivity contribution in [1.29, 1.82) is 0 Å². The third kappa shape index (κ3) is 3.16. The van der Waals surface area contributed by atoms with E-state index in [1.54, 1.807) is 0 Å². The number of nitrogens with zero attached hydrogens (tertiary/aromatic N) is 1. The molecule has 0 atom stereocenters. The van der Waals surface area contributed by atoms with Crippen LogP contribution in [-0.4, -0.2) is 19.0 Å². The number of likely N-dealkylation sites (N-methyl/N-ethyl adjacent to an activating group) is 1. The molecule has 18 heavy (non-hydrogen) atoms. The topological polar surface area (TPSA) is 12.5 Å². The van der Waals surface area contributed by atoms with E-state index >= 15 is 0 Å². The van der Waals surface area contributed by atoms with Gasteiger partial charge in [0, 0.05) is 14.1 Å². The largest absolute Gasteiger partial charge is 0.487 e. The van der Waals surface area contributed by atoms with Gasteiger partial charge in [0.05, 0.1) is 5.70 Å². The molecule has 0 fully saturated rings. The van der Waals surface area contributed by atoms with E-state index < -0.39 is 0 Å². The van der Waals surface area contributed by atoms with Crippen LogP contribution in [0.3, 0.4) is 0 Å². The molecule has 2 rings (SSSR count). The van der Waals surface area contributed by atoms with E-state index in [1.807, 2.05) is 0 Å². The summed E-state index contributed by atoms with van der Waals surface area (Å²) in [6.45, 7) is 2.73. The van der Waals surface area contributed by atoms with Gasteiger partial charge in [-0.2, -0.15) is 0 Å². The van der Waals surface area contributed by atoms with E-state index in [4.69, 9.17) is 4.74 Å². The van der Waals surface area contributed by atoms with Crippen LogP contribution in [0.5, 0.6) is 0 Å². The Morgan fingerprint density at radius 2 is 1.72 bits per heavy atom. The summed E-state index contributed by atoms with van der Waals surface area (Å²) in [5.74, 6) is 1.01. The highest BCUT2D eigenvalue weighted by atomic mass is 16.5. The maximum atomic E-state index is 5.93. The van der Waals surface area contributed by atoms with Crippen LogP contribution in [0.15, 0.2) is 47.9 Å². The van der Waals surface area contributed by atoms with Gasteiger partial charge in [0.2, 0.25) is 0 Å². The fraction of sp³-hybridized carbons (Fsp3) is 0.375. The lowest BCUT2D eigenvalue weighted by molar-refractivity contribution is 0.191. The van der Waals surface area contributed by atoms with E-state index in [-0.39, 0.29) is 0 Å². The number of allylic oxidation sites excluding steroid dienone is 2. The Kier molecular flexibility index (Phi) is 4.08. The van der Waals surface area contributed by atoms with Crippen molar-refractivity contribution in [1.82, 2.24) is 4.90 Å². The molecule has 0 aromatic heterocycles. The van der Waals surface area contributed by atoms with Crippen molar-refractivity contribution < 1.29 is 4.74 Å². The van der Waals surface area contributed by atoms with Crippen LogP contribution in [0.4, 0.5) is 0 Å². The van der Waals surface area contributed by atoms with Crippen molar-refractivity contribution >= 4 is 0 Å². The molecule has 1 aliphatic rings. The van der Waals surface area contributed by atoms with Gasteiger partial charge in [0.25, 0.3) is 0 Å². The zero-order valence-electron chi connectivity index (χ0n) is 11.4. The van der Waals surface area contributed by atoms with E-state index in [1.165, 1.54) is 16.8 Å². The Balaban J connectivity index is 1.99. The predicted molar refractivity (Wildman–Crippen MR) is 75.1 cm³/mol. The third-order valence-corrected chi connectivity index (χ3v) is 3.08. The second kappa shape index (κ2) is 5.76. The summed E-state index contributed by atoms with van der Waals surface area (Å²) >= 11 is 0. The first-order valence-electron chi connectivity index (χ1n) is 6.43. The second-order valence-electron chi connectivity index (χ2n) is 4.90. The molecule has 0 unspecified atom stereocenters. The molecule has 1 aromatic rings. The molecule has 96 valence electrons. The minimum atomic E-state index is 0.636. The van der Waals surface area contributed by atoms with Crippen molar-refractivity contribution in [3.63, 3.8) is 0 Å². The first kappa shape index (κ1) is 12.7. The van der Waals surface area contributed by atoms with Gasteiger partial charge < -0.3 is 9.64 Å². The Labute approximate surface area is 110 Å². The fourth-order valence-corrected chi connectivity index (χ4v) is 2.02. The van der Waals surface area contributed by atoms with Crippen molar-refractivity contribution in [2.24, 2.45) is 0 Å². The standard InChI is InChI=1S/C16H21NO/c1-13-8-10-14(11-9-13)12-18-16-7-5-4-6-15(16)17(2)3/h6-11H,4-5,12H2,1-3H3. The van der Waals surface area contributed by atoms with Crippen LogP contribution in [0, 0.1) is 6.92 Å². The van der Waals surface area contributed by atoms with Gasteiger partial charge in [-0.05, 0) is 31.4 Å². The van der Waals surface area contributed by atoms with Crippen LogP contribution in [-0.2, 0) is 11.3 Å². The molecular weight excluding hydrogens is 222 g/mol. The van der Waals surface area contributed by atoms with E-state index in [2.05, 4.69) is 62.3 Å². The molecule has 0 radical (unpaired) electrons. The van der Waals surface area contributed by atoms with Gasteiger partial charge in [-0.1, -0.05) is 35.9 Å². The average molecular weight is 243 g/mol.